The summed E-state index contributed by atoms with van der Waals surface area (Å²) in [7, 11) is 0. The molecule has 0 saturated carbocycles. The van der Waals surface area contributed by atoms with E-state index in [0.717, 1.165) is 38.5 Å². The van der Waals surface area contributed by atoms with Crippen LogP contribution in [-0.4, -0.2) is 22.2 Å². The van der Waals surface area contributed by atoms with Crippen molar-refractivity contribution >= 4 is 11.9 Å². The fourth-order valence-corrected chi connectivity index (χ4v) is 5.16. The van der Waals surface area contributed by atoms with Gasteiger partial charge in [0.05, 0.1) is 12.3 Å². The van der Waals surface area contributed by atoms with Crippen molar-refractivity contribution in [2.24, 2.45) is 11.8 Å². The second-order valence-electron chi connectivity index (χ2n) is 10.6. The molecule has 2 atom stereocenters. The molecule has 0 bridgehead atoms. The SMILES string of the molecule is CCCCCCCCCCCCCC(CCCCCCCCCCCC)C(CC(=O)O)C(=O)O. The zero-order valence-corrected chi connectivity index (χ0v) is 22.8. The summed E-state index contributed by atoms with van der Waals surface area (Å²) in [5.74, 6) is -2.65. The molecule has 2 N–H and O–H groups in total. The smallest absolute Gasteiger partial charge is 0.307 e. The first-order valence-corrected chi connectivity index (χ1v) is 15.0. The van der Waals surface area contributed by atoms with Crippen LogP contribution in [0.25, 0.3) is 0 Å². The van der Waals surface area contributed by atoms with Gasteiger partial charge < -0.3 is 10.2 Å². The number of carboxylic acids is 2. The molecule has 0 aliphatic heterocycles. The molecule has 202 valence electrons. The molecule has 0 spiro atoms. The zero-order chi connectivity index (χ0) is 25.3. The van der Waals surface area contributed by atoms with Gasteiger partial charge in [0, 0.05) is 0 Å². The molecule has 0 fully saturated rings. The third-order valence-corrected chi connectivity index (χ3v) is 7.39. The number of hydrogen-bond acceptors (Lipinski definition) is 2. The van der Waals surface area contributed by atoms with E-state index in [2.05, 4.69) is 13.8 Å². The Morgan fingerprint density at radius 1 is 0.500 bits per heavy atom. The highest BCUT2D eigenvalue weighted by molar-refractivity contribution is 5.77. The predicted octanol–water partition coefficient (Wildman–Crippen LogP) is 9.79. The van der Waals surface area contributed by atoms with Gasteiger partial charge in [-0.15, -0.1) is 0 Å². The molecule has 0 aliphatic carbocycles. The molecular formula is C30H58O4. The minimum absolute atomic E-state index is 0.00112. The summed E-state index contributed by atoms with van der Waals surface area (Å²) in [6.07, 6.45) is 28.2. The summed E-state index contributed by atoms with van der Waals surface area (Å²) in [4.78, 5) is 23.1. The first-order valence-electron chi connectivity index (χ1n) is 15.0. The van der Waals surface area contributed by atoms with Gasteiger partial charge in [-0.3, -0.25) is 9.59 Å². The van der Waals surface area contributed by atoms with E-state index >= 15 is 0 Å². The second kappa shape index (κ2) is 25.0. The molecule has 0 heterocycles. The highest BCUT2D eigenvalue weighted by Gasteiger charge is 2.29. The van der Waals surface area contributed by atoms with Crippen LogP contribution < -0.4 is 0 Å². The van der Waals surface area contributed by atoms with Crippen molar-refractivity contribution in [3.63, 3.8) is 0 Å². The van der Waals surface area contributed by atoms with Crippen molar-refractivity contribution in [2.45, 2.75) is 168 Å². The fraction of sp³-hybridized carbons (Fsp3) is 0.933. The van der Waals surface area contributed by atoms with Gasteiger partial charge in [-0.05, 0) is 18.8 Å². The number of hydrogen-bond donors (Lipinski definition) is 2. The first-order chi connectivity index (χ1) is 16.5. The Kier molecular flexibility index (Phi) is 24.3. The Labute approximate surface area is 211 Å². The zero-order valence-electron chi connectivity index (χ0n) is 22.8. The van der Waals surface area contributed by atoms with E-state index in [1.54, 1.807) is 0 Å². The van der Waals surface area contributed by atoms with Crippen molar-refractivity contribution in [1.29, 1.82) is 0 Å². The van der Waals surface area contributed by atoms with Crippen LogP contribution in [0.15, 0.2) is 0 Å². The van der Waals surface area contributed by atoms with Gasteiger partial charge >= 0.3 is 11.9 Å². The minimum atomic E-state index is -0.987. The highest BCUT2D eigenvalue weighted by atomic mass is 16.4. The maximum atomic E-state index is 11.8. The summed E-state index contributed by atoms with van der Waals surface area (Å²) < 4.78 is 0. The summed E-state index contributed by atoms with van der Waals surface area (Å²) in [5.41, 5.74) is 0. The van der Waals surface area contributed by atoms with E-state index < -0.39 is 17.9 Å². The molecule has 34 heavy (non-hydrogen) atoms. The summed E-state index contributed by atoms with van der Waals surface area (Å²) in [6, 6.07) is 0. The van der Waals surface area contributed by atoms with Crippen LogP contribution in [0.5, 0.6) is 0 Å². The third kappa shape index (κ3) is 21.5. The van der Waals surface area contributed by atoms with Gasteiger partial charge in [0.2, 0.25) is 0 Å². The van der Waals surface area contributed by atoms with E-state index in [0.29, 0.717) is 0 Å². The van der Waals surface area contributed by atoms with Gasteiger partial charge in [-0.25, -0.2) is 0 Å². The molecule has 0 aliphatic rings. The van der Waals surface area contributed by atoms with Crippen molar-refractivity contribution in [2.75, 3.05) is 0 Å². The number of rotatable bonds is 27. The summed E-state index contributed by atoms with van der Waals surface area (Å²) in [6.45, 7) is 4.50. The van der Waals surface area contributed by atoms with Gasteiger partial charge in [-0.2, -0.15) is 0 Å². The van der Waals surface area contributed by atoms with Crippen molar-refractivity contribution in [3.8, 4) is 0 Å². The Hall–Kier alpha value is -1.06. The molecule has 4 nitrogen and oxygen atoms in total. The lowest BCUT2D eigenvalue weighted by Gasteiger charge is -2.23. The maximum Gasteiger partial charge on any atom is 0.307 e. The maximum absolute atomic E-state index is 11.8. The monoisotopic (exact) mass is 482 g/mol. The molecule has 0 aromatic heterocycles. The quantitative estimate of drug-likeness (QED) is 0.114. The molecule has 0 aromatic rings. The van der Waals surface area contributed by atoms with E-state index in [1.165, 1.54) is 109 Å². The normalized spacial score (nSPS) is 13.1. The van der Waals surface area contributed by atoms with Crippen LogP contribution in [0, 0.1) is 11.8 Å². The molecule has 0 aromatic carbocycles. The van der Waals surface area contributed by atoms with Crippen LogP contribution in [0.1, 0.15) is 168 Å². The van der Waals surface area contributed by atoms with E-state index in [9.17, 15) is 19.8 Å². The van der Waals surface area contributed by atoms with Crippen molar-refractivity contribution < 1.29 is 19.8 Å². The van der Waals surface area contributed by atoms with Crippen LogP contribution in [0.4, 0.5) is 0 Å². The number of carboxylic acid groups (broad SMARTS) is 2. The number of unbranched alkanes of at least 4 members (excludes halogenated alkanes) is 19. The Bertz CT molecular complexity index is 463. The molecule has 0 amide bonds. The standard InChI is InChI=1S/C30H58O4/c1-3-5-7-9-11-13-15-17-19-21-23-25-27(28(30(33)34)26-29(31)32)24-22-20-18-16-14-12-10-8-6-4-2/h27-28H,3-26H2,1-2H3,(H,31,32)(H,33,34). The topological polar surface area (TPSA) is 74.6 Å². The van der Waals surface area contributed by atoms with Gasteiger partial charge in [0.1, 0.15) is 0 Å². The average Bonchev–Trinajstić information content (AvgIpc) is 2.80. The molecule has 2 unspecified atom stereocenters. The lowest BCUT2D eigenvalue weighted by molar-refractivity contribution is -0.150. The lowest BCUT2D eigenvalue weighted by atomic mass is 9.81. The van der Waals surface area contributed by atoms with Crippen LogP contribution in [0.2, 0.25) is 0 Å². The molecule has 0 radical (unpaired) electrons. The number of aliphatic carboxylic acids is 2. The van der Waals surface area contributed by atoms with Crippen molar-refractivity contribution in [3.05, 3.63) is 0 Å². The lowest BCUT2D eigenvalue weighted by Crippen LogP contribution is -2.26. The third-order valence-electron chi connectivity index (χ3n) is 7.39. The second-order valence-corrected chi connectivity index (χ2v) is 10.6. The van der Waals surface area contributed by atoms with Crippen molar-refractivity contribution in [1.82, 2.24) is 0 Å². The Morgan fingerprint density at radius 3 is 1.06 bits per heavy atom. The Balaban J connectivity index is 4.12. The highest BCUT2D eigenvalue weighted by Crippen LogP contribution is 2.29. The largest absolute Gasteiger partial charge is 0.481 e. The first kappa shape index (κ1) is 32.9. The molecule has 0 saturated heterocycles. The van der Waals surface area contributed by atoms with E-state index in [-0.39, 0.29) is 12.3 Å². The Morgan fingerprint density at radius 2 is 0.794 bits per heavy atom. The van der Waals surface area contributed by atoms with Crippen LogP contribution in [-0.2, 0) is 9.59 Å². The minimum Gasteiger partial charge on any atom is -0.481 e. The van der Waals surface area contributed by atoms with Gasteiger partial charge in [0.25, 0.3) is 0 Å². The molecule has 0 rings (SSSR count). The van der Waals surface area contributed by atoms with Crippen LogP contribution in [0.3, 0.4) is 0 Å². The van der Waals surface area contributed by atoms with Gasteiger partial charge in [-0.1, -0.05) is 149 Å². The molecule has 4 heteroatoms. The average molecular weight is 483 g/mol. The molecular weight excluding hydrogens is 424 g/mol. The summed E-state index contributed by atoms with van der Waals surface area (Å²) in [5, 5.41) is 18.9. The fourth-order valence-electron chi connectivity index (χ4n) is 5.16. The van der Waals surface area contributed by atoms with Crippen LogP contribution >= 0.6 is 0 Å². The number of carbonyl (C=O) groups is 2. The van der Waals surface area contributed by atoms with E-state index in [1.807, 2.05) is 0 Å². The van der Waals surface area contributed by atoms with E-state index in [4.69, 9.17) is 0 Å². The van der Waals surface area contributed by atoms with Gasteiger partial charge in [0.15, 0.2) is 0 Å². The summed E-state index contributed by atoms with van der Waals surface area (Å²) >= 11 is 0. The predicted molar refractivity (Wildman–Crippen MR) is 144 cm³/mol.